The Hall–Kier alpha value is -3.01. The molecule has 0 bridgehead atoms. The molecule has 1 N–H and O–H groups in total. The van der Waals surface area contributed by atoms with Gasteiger partial charge in [0.1, 0.15) is 5.75 Å². The van der Waals surface area contributed by atoms with Crippen LogP contribution >= 0.6 is 11.3 Å². The second kappa shape index (κ2) is 11.2. The molecule has 1 aliphatic rings. The number of aliphatic carboxylic acids is 1. The first-order valence-electron chi connectivity index (χ1n) is 12.3. The third-order valence-corrected chi connectivity index (χ3v) is 9.39. The Balaban J connectivity index is 1.82. The Bertz CT molecular complexity index is 1430. The Morgan fingerprint density at radius 3 is 2.57 bits per heavy atom. The first-order valence-corrected chi connectivity index (χ1v) is 14.6. The molecule has 0 aliphatic heterocycles. The van der Waals surface area contributed by atoms with Crippen molar-refractivity contribution in [3.05, 3.63) is 81.4 Å². The van der Waals surface area contributed by atoms with Crippen molar-refractivity contribution in [1.29, 1.82) is 0 Å². The smallest absolute Gasteiger partial charge is 0.328 e. The van der Waals surface area contributed by atoms with E-state index in [4.69, 9.17) is 9.84 Å². The van der Waals surface area contributed by atoms with E-state index in [2.05, 4.69) is 11.1 Å². The highest BCUT2D eigenvalue weighted by Gasteiger charge is 2.37. The molecule has 1 aliphatic carbocycles. The maximum Gasteiger partial charge on any atom is 0.328 e. The number of carboxylic acids is 1. The number of thiazole rings is 1. The number of aryl methyl sites for hydroxylation is 4. The summed E-state index contributed by atoms with van der Waals surface area (Å²) >= 11 is 1.10. The fraction of sp³-hybridized carbons (Fsp3) is 0.357. The lowest BCUT2D eigenvalue weighted by molar-refractivity contribution is -0.131. The van der Waals surface area contributed by atoms with Crippen molar-refractivity contribution in [3.63, 3.8) is 0 Å². The monoisotopic (exact) mass is 540 g/mol. The van der Waals surface area contributed by atoms with E-state index in [1.54, 1.807) is 18.4 Å². The standard InChI is InChI=1S/C28H32N2O5S2/c1-18(2)16-30(37(33,34)28-29-20(4)17-36-28)27(35-24-11-10-22-6-5-7-23(22)15-24)25-12-8-21(14-19(25)3)9-13-26(31)32/h8-15,17-18,27H,5-7,16H2,1-4H3,(H,31,32)/b13-9+. The van der Waals surface area contributed by atoms with Crippen LogP contribution in [0.4, 0.5) is 0 Å². The lowest BCUT2D eigenvalue weighted by atomic mass is 10.0. The number of rotatable bonds is 10. The van der Waals surface area contributed by atoms with Crippen molar-refractivity contribution >= 4 is 33.4 Å². The third kappa shape index (κ3) is 6.29. The molecule has 9 heteroatoms. The summed E-state index contributed by atoms with van der Waals surface area (Å²) in [4.78, 5) is 15.3. The summed E-state index contributed by atoms with van der Waals surface area (Å²) in [5.74, 6) is -0.397. The number of hydrogen-bond acceptors (Lipinski definition) is 6. The molecule has 37 heavy (non-hydrogen) atoms. The number of ether oxygens (including phenoxy) is 1. The van der Waals surface area contributed by atoms with Crippen LogP contribution in [-0.4, -0.2) is 35.3 Å². The molecule has 1 atom stereocenters. The van der Waals surface area contributed by atoms with Crippen LogP contribution in [0, 0.1) is 19.8 Å². The number of hydrogen-bond donors (Lipinski definition) is 1. The summed E-state index contributed by atoms with van der Waals surface area (Å²) in [6.07, 6.45) is 4.77. The SMILES string of the molecule is Cc1csc(S(=O)(=O)N(CC(C)C)C(Oc2ccc3c(c2)CCC3)c2ccc(/C=C/C(=O)O)cc2C)n1. The molecule has 0 saturated heterocycles. The molecule has 3 aromatic rings. The van der Waals surface area contributed by atoms with E-state index in [1.807, 2.05) is 45.0 Å². The second-order valence-corrected chi connectivity index (χ2v) is 12.7. The van der Waals surface area contributed by atoms with E-state index < -0.39 is 22.2 Å². The van der Waals surface area contributed by atoms with Crippen molar-refractivity contribution in [2.75, 3.05) is 6.54 Å². The van der Waals surface area contributed by atoms with Crippen LogP contribution in [0.25, 0.3) is 6.08 Å². The molecule has 196 valence electrons. The van der Waals surface area contributed by atoms with Crippen molar-refractivity contribution < 1.29 is 23.1 Å². The minimum Gasteiger partial charge on any atom is -0.478 e. The van der Waals surface area contributed by atoms with Crippen LogP contribution in [0.15, 0.2) is 52.2 Å². The van der Waals surface area contributed by atoms with Gasteiger partial charge in [-0.2, -0.15) is 4.31 Å². The zero-order valence-electron chi connectivity index (χ0n) is 21.5. The molecular weight excluding hydrogens is 508 g/mol. The molecule has 4 rings (SSSR count). The van der Waals surface area contributed by atoms with Crippen LogP contribution in [0.1, 0.15) is 60.0 Å². The lowest BCUT2D eigenvalue weighted by Crippen LogP contribution is -2.40. The number of carboxylic acid groups (broad SMARTS) is 1. The third-order valence-electron chi connectivity index (χ3n) is 6.23. The summed E-state index contributed by atoms with van der Waals surface area (Å²) in [6, 6.07) is 11.4. The van der Waals surface area contributed by atoms with E-state index in [0.29, 0.717) is 22.6 Å². The summed E-state index contributed by atoms with van der Waals surface area (Å²) in [5, 5.41) is 10.7. The predicted molar refractivity (Wildman–Crippen MR) is 145 cm³/mol. The van der Waals surface area contributed by atoms with Gasteiger partial charge in [-0.05, 0) is 79.5 Å². The maximum atomic E-state index is 13.9. The first kappa shape index (κ1) is 27.0. The van der Waals surface area contributed by atoms with Gasteiger partial charge in [-0.1, -0.05) is 38.1 Å². The fourth-order valence-corrected chi connectivity index (χ4v) is 7.31. The Labute approximate surface area is 222 Å². The van der Waals surface area contributed by atoms with Crippen LogP contribution in [-0.2, 0) is 27.7 Å². The van der Waals surface area contributed by atoms with Crippen molar-refractivity contribution in [3.8, 4) is 5.75 Å². The molecule has 7 nitrogen and oxygen atoms in total. The predicted octanol–water partition coefficient (Wildman–Crippen LogP) is 5.77. The van der Waals surface area contributed by atoms with Crippen molar-refractivity contribution in [2.24, 2.45) is 5.92 Å². The molecular formula is C28H32N2O5S2. The normalized spacial score (nSPS) is 14.4. The molecule has 1 heterocycles. The van der Waals surface area contributed by atoms with Gasteiger partial charge in [-0.25, -0.2) is 18.2 Å². The Morgan fingerprint density at radius 2 is 1.92 bits per heavy atom. The average Bonchev–Trinajstić information content (AvgIpc) is 3.49. The Kier molecular flexibility index (Phi) is 8.16. The number of fused-ring (bicyclic) bond motifs is 1. The van der Waals surface area contributed by atoms with Crippen molar-refractivity contribution in [2.45, 2.75) is 57.5 Å². The zero-order chi connectivity index (χ0) is 26.7. The fourth-order valence-electron chi connectivity index (χ4n) is 4.51. The van der Waals surface area contributed by atoms with Crippen molar-refractivity contribution in [1.82, 2.24) is 9.29 Å². The van der Waals surface area contributed by atoms with Gasteiger partial charge in [-0.3, -0.25) is 0 Å². The minimum absolute atomic E-state index is 0.0278. The minimum atomic E-state index is -3.98. The Morgan fingerprint density at radius 1 is 1.16 bits per heavy atom. The highest BCUT2D eigenvalue weighted by atomic mass is 32.2. The van der Waals surface area contributed by atoms with Crippen LogP contribution in [0.2, 0.25) is 0 Å². The van der Waals surface area contributed by atoms with Crippen LogP contribution < -0.4 is 4.74 Å². The van der Waals surface area contributed by atoms with Gasteiger partial charge < -0.3 is 9.84 Å². The molecule has 0 spiro atoms. The highest BCUT2D eigenvalue weighted by Crippen LogP contribution is 2.36. The van der Waals surface area contributed by atoms with E-state index in [-0.39, 0.29) is 16.8 Å². The van der Waals surface area contributed by atoms with Gasteiger partial charge in [0.2, 0.25) is 4.34 Å². The van der Waals surface area contributed by atoms with E-state index >= 15 is 0 Å². The maximum absolute atomic E-state index is 13.9. The second-order valence-electron chi connectivity index (χ2n) is 9.77. The summed E-state index contributed by atoms with van der Waals surface area (Å²) in [5.41, 5.74) is 5.36. The van der Waals surface area contributed by atoms with Gasteiger partial charge in [-0.15, -0.1) is 11.3 Å². The molecule has 2 aromatic carbocycles. The zero-order valence-corrected chi connectivity index (χ0v) is 23.1. The number of nitrogens with zero attached hydrogens (tertiary/aromatic N) is 2. The van der Waals surface area contributed by atoms with Gasteiger partial charge in [0.25, 0.3) is 10.0 Å². The molecule has 1 aromatic heterocycles. The number of aromatic nitrogens is 1. The van der Waals surface area contributed by atoms with Gasteiger partial charge in [0.15, 0.2) is 6.23 Å². The first-order chi connectivity index (χ1) is 17.5. The quantitative estimate of drug-likeness (QED) is 0.259. The number of sulfonamides is 1. The summed E-state index contributed by atoms with van der Waals surface area (Å²) in [7, 11) is -3.98. The van der Waals surface area contributed by atoms with Crippen LogP contribution in [0.5, 0.6) is 5.75 Å². The van der Waals surface area contributed by atoms with Crippen LogP contribution in [0.3, 0.4) is 0 Å². The molecule has 0 saturated carbocycles. The van der Waals surface area contributed by atoms with E-state index in [9.17, 15) is 13.2 Å². The molecule has 1 unspecified atom stereocenters. The molecule has 0 amide bonds. The average molecular weight is 541 g/mol. The van der Waals surface area contributed by atoms with E-state index in [0.717, 1.165) is 42.2 Å². The molecule has 0 fully saturated rings. The van der Waals surface area contributed by atoms with Gasteiger partial charge in [0.05, 0.1) is 0 Å². The number of carbonyl (C=O) groups is 1. The molecule has 0 radical (unpaired) electrons. The summed E-state index contributed by atoms with van der Waals surface area (Å²) in [6.45, 7) is 7.81. The topological polar surface area (TPSA) is 96.8 Å². The van der Waals surface area contributed by atoms with Gasteiger partial charge >= 0.3 is 5.97 Å². The lowest BCUT2D eigenvalue weighted by Gasteiger charge is -2.33. The van der Waals surface area contributed by atoms with Gasteiger partial charge in [0, 0.05) is 29.3 Å². The highest BCUT2D eigenvalue weighted by molar-refractivity contribution is 7.91. The summed E-state index contributed by atoms with van der Waals surface area (Å²) < 4.78 is 35.9. The largest absolute Gasteiger partial charge is 0.478 e. The van der Waals surface area contributed by atoms with E-state index in [1.165, 1.54) is 21.5 Å². The number of benzene rings is 2.